The monoisotopic (exact) mass is 542 g/mol. The molecular formula is C6H6Cl2P2Sb2Zr. The number of allylic oxidation sites excluding steroid dienone is 2. The van der Waals surface area contributed by atoms with E-state index in [-0.39, 0.29) is 90.2 Å². The molecule has 0 fully saturated rings. The number of hydrogen-bond donors (Lipinski definition) is 0. The van der Waals surface area contributed by atoms with Crippen LogP contribution >= 0.6 is 11.6 Å². The van der Waals surface area contributed by atoms with Crippen LogP contribution in [0.1, 0.15) is 0 Å². The van der Waals surface area contributed by atoms with E-state index >= 15 is 0 Å². The predicted molar refractivity (Wildman–Crippen MR) is 56.4 cm³/mol. The summed E-state index contributed by atoms with van der Waals surface area (Å²) < 4.78 is 8.73. The molecule has 0 saturated carbocycles. The Morgan fingerprint density at radius 3 is 1.69 bits per heavy atom. The van der Waals surface area contributed by atoms with Gasteiger partial charge in [0.1, 0.15) is 0 Å². The van der Waals surface area contributed by atoms with Crippen LogP contribution in [0.5, 0.6) is 0 Å². The summed E-state index contributed by atoms with van der Waals surface area (Å²) in [5.41, 5.74) is 0. The van der Waals surface area contributed by atoms with Crippen molar-refractivity contribution in [2.24, 2.45) is 0 Å². The van der Waals surface area contributed by atoms with Crippen molar-refractivity contribution in [1.29, 1.82) is 0 Å². The minimum Gasteiger partial charge on any atom is -1.00 e. The van der Waals surface area contributed by atoms with Gasteiger partial charge in [-0.1, -0.05) is 0 Å². The molecule has 0 aromatic rings. The second-order valence-electron chi connectivity index (χ2n) is 2.04. The molecule has 13 heavy (non-hydrogen) atoms. The third-order valence-electron chi connectivity index (χ3n) is 1.26. The minimum absolute atomic E-state index is 0. The van der Waals surface area contributed by atoms with Crippen LogP contribution in [0.15, 0.2) is 20.2 Å². The zero-order valence-electron chi connectivity index (χ0n) is 6.46. The number of rotatable bonds is 2. The fraction of sp³-hybridized carbons (Fsp3) is 0. The molecule has 0 aromatic heterocycles. The average Bonchev–Trinajstić information content (AvgIpc) is 2.60. The van der Waals surface area contributed by atoms with Gasteiger partial charge in [-0.05, 0) is 0 Å². The third-order valence-corrected chi connectivity index (χ3v) is 26.9. The molecule has 0 amide bonds. The molecule has 0 atom stereocenters. The van der Waals surface area contributed by atoms with Crippen LogP contribution in [0.4, 0.5) is 0 Å². The van der Waals surface area contributed by atoms with Gasteiger partial charge in [0, 0.05) is 0 Å². The molecule has 0 aliphatic carbocycles. The van der Waals surface area contributed by atoms with Gasteiger partial charge in [0.15, 0.2) is 0 Å². The summed E-state index contributed by atoms with van der Waals surface area (Å²) in [5, 5.41) is 0. The van der Waals surface area contributed by atoms with Gasteiger partial charge in [-0.25, -0.2) is 0 Å². The number of halogens is 2. The fourth-order valence-electron chi connectivity index (χ4n) is 0.791. The quantitative estimate of drug-likeness (QED) is 0.241. The van der Waals surface area contributed by atoms with Crippen LogP contribution in [-0.4, -0.2) is 48.1 Å². The fourth-order valence-corrected chi connectivity index (χ4v) is 28.4. The second-order valence-corrected chi connectivity index (χ2v) is 19.5. The summed E-state index contributed by atoms with van der Waals surface area (Å²) >= 11 is -0.210. The Labute approximate surface area is 125 Å². The first-order chi connectivity index (χ1) is 5.45. The van der Waals surface area contributed by atoms with Crippen LogP contribution in [0.3, 0.4) is 0 Å². The van der Waals surface area contributed by atoms with Crippen LogP contribution < -0.4 is 24.8 Å². The maximum absolute atomic E-state index is 2.50. The first kappa shape index (κ1) is 15.9. The Balaban J connectivity index is 0.000000720. The van der Waals surface area contributed by atoms with Crippen LogP contribution in [0.2, 0.25) is 0 Å². The summed E-state index contributed by atoms with van der Waals surface area (Å²) in [4.78, 5) is 0. The van der Waals surface area contributed by atoms with Crippen molar-refractivity contribution in [3.63, 3.8) is 0 Å². The Kier molecular flexibility index (Phi) is 11.0. The topological polar surface area (TPSA) is 0 Å². The molecule has 0 spiro atoms. The summed E-state index contributed by atoms with van der Waals surface area (Å²) in [6, 6.07) is 0. The standard InChI is InChI=1S/2C3H2P.2ClH.2Sb.Zr.2H/c2*1-2-3-4;;;;;;;/h2*1-2H;2*1H;;;;;/q2*-1;;;2*+1;+2;;/p-2. The summed E-state index contributed by atoms with van der Waals surface area (Å²) in [7, 11) is 0. The van der Waals surface area contributed by atoms with Gasteiger partial charge in [0.25, 0.3) is 0 Å². The van der Waals surface area contributed by atoms with Gasteiger partial charge < -0.3 is 24.8 Å². The van der Waals surface area contributed by atoms with Crippen LogP contribution in [-0.2, 0) is 23.2 Å². The molecule has 0 radical (unpaired) electrons. The van der Waals surface area contributed by atoms with E-state index in [1.165, 1.54) is 0 Å². The van der Waals surface area contributed by atoms with E-state index in [2.05, 4.69) is 20.2 Å². The molecule has 0 saturated heterocycles. The normalized spacial score (nSPS) is 19.4. The van der Waals surface area contributed by atoms with E-state index in [1.54, 1.807) is 11.6 Å². The molecule has 0 nitrogen and oxygen atoms in total. The minimum atomic E-state index is -0.189. The number of hydrogen-bond acceptors (Lipinski definition) is 0. The molecule has 2 aliphatic heterocycles. The zero-order chi connectivity index (χ0) is 7.52. The van der Waals surface area contributed by atoms with E-state index < -0.39 is 0 Å². The molecule has 0 bridgehead atoms. The summed E-state index contributed by atoms with van der Waals surface area (Å²) in [6.07, 6.45) is 4.92. The smallest absolute Gasteiger partial charge is 1.00 e. The summed E-state index contributed by atoms with van der Waals surface area (Å²) in [6.45, 7) is 0. The van der Waals surface area contributed by atoms with Crippen molar-refractivity contribution < 1.29 is 48.0 Å². The van der Waals surface area contributed by atoms with Gasteiger partial charge in [0.2, 0.25) is 0 Å². The van der Waals surface area contributed by atoms with Gasteiger partial charge >= 0.3 is 103 Å². The van der Waals surface area contributed by atoms with Crippen molar-refractivity contribution >= 4 is 59.7 Å². The van der Waals surface area contributed by atoms with Crippen molar-refractivity contribution in [2.75, 3.05) is 0 Å². The van der Waals surface area contributed by atoms with Gasteiger partial charge in [-0.2, -0.15) is 0 Å². The Morgan fingerprint density at radius 1 is 0.923 bits per heavy atom. The average molecular weight is 546 g/mol. The third kappa shape index (κ3) is 5.69. The predicted octanol–water partition coefficient (Wildman–Crippen LogP) is -5.01. The van der Waals surface area contributed by atoms with Gasteiger partial charge in [0.05, 0.1) is 0 Å². The van der Waals surface area contributed by atoms with Crippen molar-refractivity contribution in [3.05, 3.63) is 20.2 Å². The van der Waals surface area contributed by atoms with Crippen molar-refractivity contribution in [3.8, 4) is 0 Å². The molecular weight excluding hydrogens is 540 g/mol. The van der Waals surface area contributed by atoms with E-state index in [4.69, 9.17) is 0 Å². The van der Waals surface area contributed by atoms with Crippen molar-refractivity contribution in [2.45, 2.75) is 0 Å². The molecule has 2 heterocycles. The van der Waals surface area contributed by atoms with E-state index in [9.17, 15) is 0 Å². The second kappa shape index (κ2) is 9.00. The van der Waals surface area contributed by atoms with Gasteiger partial charge in [-0.3, -0.25) is 0 Å². The molecule has 0 N–H and O–H groups in total. The van der Waals surface area contributed by atoms with Crippen LogP contribution in [0.25, 0.3) is 0 Å². The molecule has 0 aromatic carbocycles. The Morgan fingerprint density at radius 2 is 1.38 bits per heavy atom. The molecule has 68 valence electrons. The molecule has 7 heteroatoms. The maximum atomic E-state index is 2.50. The Hall–Kier alpha value is 2.92. The van der Waals surface area contributed by atoms with Gasteiger partial charge in [-0.15, -0.1) is 0 Å². The van der Waals surface area contributed by atoms with E-state index in [1.807, 2.05) is 6.00 Å². The maximum Gasteiger partial charge on any atom is -1.00 e. The SMILES string of the molecule is [CH]1=C[C]([Zr+2][C]2=[P][SbH][CH]=C2)=[P][SbH]1.[Cl-].[Cl-]. The first-order valence-electron chi connectivity index (χ1n) is 3.22. The summed E-state index contributed by atoms with van der Waals surface area (Å²) in [5.74, 6) is 3.58. The van der Waals surface area contributed by atoms with E-state index in [0.717, 1.165) is 0 Å². The van der Waals surface area contributed by atoms with Crippen molar-refractivity contribution in [1.82, 2.24) is 0 Å². The van der Waals surface area contributed by atoms with E-state index in [0.29, 0.717) is 0 Å². The largest absolute Gasteiger partial charge is 1.00 e. The zero-order valence-corrected chi connectivity index (χ0v) is 17.9. The van der Waals surface area contributed by atoms with Crippen LogP contribution in [0, 0.1) is 0 Å². The molecule has 0 unspecified atom stereocenters. The molecule has 2 aliphatic rings. The molecule has 2 rings (SSSR count). The first-order valence-corrected chi connectivity index (χ1v) is 18.4. The Bertz CT molecular complexity index is 260.